The fraction of sp³-hybridized carbons (Fsp3) is 0.600. The van der Waals surface area contributed by atoms with Gasteiger partial charge in [-0.1, -0.05) is 26.7 Å². The molecule has 0 aromatic carbocycles. The fourth-order valence-corrected chi connectivity index (χ4v) is 2.22. The van der Waals surface area contributed by atoms with Crippen molar-refractivity contribution in [3.05, 3.63) is 22.3 Å². The third-order valence-corrected chi connectivity index (χ3v) is 3.50. The maximum atomic E-state index is 12.5. The van der Waals surface area contributed by atoms with Crippen molar-refractivity contribution in [1.29, 1.82) is 0 Å². The van der Waals surface area contributed by atoms with Crippen molar-refractivity contribution in [2.45, 2.75) is 39.5 Å². The second-order valence-electron chi connectivity index (χ2n) is 4.91. The lowest BCUT2D eigenvalue weighted by Crippen LogP contribution is -2.28. The van der Waals surface area contributed by atoms with Crippen LogP contribution in [0.2, 0.25) is 0 Å². The van der Waals surface area contributed by atoms with Crippen molar-refractivity contribution in [2.24, 2.45) is 0 Å². The molecular weight excluding hydrogens is 318 g/mol. The highest BCUT2D eigenvalue weighted by molar-refractivity contribution is 9.10. The van der Waals surface area contributed by atoms with Crippen LogP contribution in [0.1, 0.15) is 49.9 Å². The van der Waals surface area contributed by atoms with Crippen molar-refractivity contribution in [3.8, 4) is 0 Å². The summed E-state index contributed by atoms with van der Waals surface area (Å²) in [5.74, 6) is 0.691. The molecule has 5 heteroatoms. The van der Waals surface area contributed by atoms with Crippen molar-refractivity contribution in [2.75, 3.05) is 25.5 Å². The van der Waals surface area contributed by atoms with Gasteiger partial charge in [0.1, 0.15) is 5.82 Å². The number of pyridine rings is 1. The molecule has 1 aromatic rings. The number of nitrogens with zero attached hydrogens (tertiary/aromatic N) is 2. The highest BCUT2D eigenvalue weighted by Gasteiger charge is 2.17. The van der Waals surface area contributed by atoms with Crippen LogP contribution in [0.15, 0.2) is 16.7 Å². The summed E-state index contributed by atoms with van der Waals surface area (Å²) >= 11 is 3.38. The van der Waals surface area contributed by atoms with E-state index in [1.807, 2.05) is 13.1 Å². The van der Waals surface area contributed by atoms with Crippen LogP contribution in [0, 0.1) is 0 Å². The number of nitrogens with one attached hydrogen (secondary N) is 1. The summed E-state index contributed by atoms with van der Waals surface area (Å²) < 4.78 is 0.824. The number of hydrogen-bond donors (Lipinski definition) is 1. The molecule has 112 valence electrons. The van der Waals surface area contributed by atoms with Crippen LogP contribution in [-0.4, -0.2) is 35.9 Å². The van der Waals surface area contributed by atoms with E-state index in [-0.39, 0.29) is 5.91 Å². The molecule has 0 aliphatic rings. The van der Waals surface area contributed by atoms with Crippen molar-refractivity contribution < 1.29 is 4.79 Å². The lowest BCUT2D eigenvalue weighted by molar-refractivity contribution is 0.0793. The molecule has 1 N–H and O–H groups in total. The summed E-state index contributed by atoms with van der Waals surface area (Å²) in [4.78, 5) is 18.6. The molecule has 0 spiro atoms. The van der Waals surface area contributed by atoms with Gasteiger partial charge in [-0.05, 0) is 34.8 Å². The minimum atomic E-state index is 0.0218. The van der Waals surface area contributed by atoms with E-state index >= 15 is 0 Å². The van der Waals surface area contributed by atoms with Gasteiger partial charge in [-0.2, -0.15) is 0 Å². The average Bonchev–Trinajstić information content (AvgIpc) is 2.45. The number of aromatic nitrogens is 1. The van der Waals surface area contributed by atoms with Gasteiger partial charge in [-0.15, -0.1) is 0 Å². The SMILES string of the molecule is CCCCCN(C)C(=O)c1cc(Br)cnc1NCCC. The Morgan fingerprint density at radius 1 is 1.35 bits per heavy atom. The van der Waals surface area contributed by atoms with E-state index < -0.39 is 0 Å². The zero-order valence-electron chi connectivity index (χ0n) is 12.6. The minimum absolute atomic E-state index is 0.0218. The molecule has 0 saturated heterocycles. The average molecular weight is 342 g/mol. The number of carbonyl (C=O) groups excluding carboxylic acids is 1. The monoisotopic (exact) mass is 341 g/mol. The van der Waals surface area contributed by atoms with Gasteiger partial charge in [0.25, 0.3) is 5.91 Å². The summed E-state index contributed by atoms with van der Waals surface area (Å²) in [6.07, 6.45) is 6.06. The number of hydrogen-bond acceptors (Lipinski definition) is 3. The van der Waals surface area contributed by atoms with Gasteiger partial charge < -0.3 is 10.2 Å². The van der Waals surface area contributed by atoms with Crippen molar-refractivity contribution >= 4 is 27.7 Å². The number of halogens is 1. The first kappa shape index (κ1) is 17.0. The molecule has 0 bridgehead atoms. The van der Waals surface area contributed by atoms with E-state index in [1.165, 1.54) is 0 Å². The Kier molecular flexibility index (Phi) is 7.59. The molecule has 1 rings (SSSR count). The van der Waals surface area contributed by atoms with Gasteiger partial charge >= 0.3 is 0 Å². The van der Waals surface area contributed by atoms with Crippen LogP contribution in [0.4, 0.5) is 5.82 Å². The van der Waals surface area contributed by atoms with Gasteiger partial charge in [0, 0.05) is 30.8 Å². The molecule has 0 radical (unpaired) electrons. The zero-order chi connectivity index (χ0) is 15.0. The van der Waals surface area contributed by atoms with E-state index in [0.29, 0.717) is 11.4 Å². The maximum absolute atomic E-state index is 12.5. The summed E-state index contributed by atoms with van der Waals surface area (Å²) in [6.45, 7) is 5.85. The fourth-order valence-electron chi connectivity index (χ4n) is 1.89. The first-order chi connectivity index (χ1) is 9.60. The molecule has 1 amide bonds. The highest BCUT2D eigenvalue weighted by Crippen LogP contribution is 2.19. The van der Waals surface area contributed by atoms with Crippen LogP contribution in [0.3, 0.4) is 0 Å². The second-order valence-corrected chi connectivity index (χ2v) is 5.83. The largest absolute Gasteiger partial charge is 0.369 e. The Morgan fingerprint density at radius 2 is 2.10 bits per heavy atom. The number of unbranched alkanes of at least 4 members (excludes halogenated alkanes) is 2. The van der Waals surface area contributed by atoms with Crippen LogP contribution >= 0.6 is 15.9 Å². The Morgan fingerprint density at radius 3 is 2.75 bits per heavy atom. The lowest BCUT2D eigenvalue weighted by Gasteiger charge is -2.19. The third kappa shape index (κ3) is 5.12. The summed E-state index contributed by atoms with van der Waals surface area (Å²) in [5.41, 5.74) is 0.631. The topological polar surface area (TPSA) is 45.2 Å². The molecule has 0 fully saturated rings. The first-order valence-electron chi connectivity index (χ1n) is 7.25. The van der Waals surface area contributed by atoms with E-state index in [1.54, 1.807) is 11.1 Å². The molecule has 0 saturated carbocycles. The molecule has 0 aliphatic carbocycles. The summed E-state index contributed by atoms with van der Waals surface area (Å²) in [6, 6.07) is 1.84. The van der Waals surface area contributed by atoms with Crippen LogP contribution in [-0.2, 0) is 0 Å². The van der Waals surface area contributed by atoms with Crippen LogP contribution in [0.5, 0.6) is 0 Å². The predicted molar refractivity (Wildman–Crippen MR) is 87.2 cm³/mol. The number of rotatable bonds is 8. The van der Waals surface area contributed by atoms with Gasteiger partial charge in [0.05, 0.1) is 5.56 Å². The summed E-state index contributed by atoms with van der Waals surface area (Å²) in [5, 5.41) is 3.21. The lowest BCUT2D eigenvalue weighted by atomic mass is 10.2. The predicted octanol–water partition coefficient (Wildman–Crippen LogP) is 3.93. The smallest absolute Gasteiger partial charge is 0.257 e. The Balaban J connectivity index is 2.81. The Labute approximate surface area is 130 Å². The minimum Gasteiger partial charge on any atom is -0.369 e. The number of carbonyl (C=O) groups is 1. The van der Waals surface area contributed by atoms with E-state index in [9.17, 15) is 4.79 Å². The third-order valence-electron chi connectivity index (χ3n) is 3.07. The molecule has 1 aromatic heterocycles. The normalized spacial score (nSPS) is 10.4. The van der Waals surface area contributed by atoms with Gasteiger partial charge in [-0.25, -0.2) is 4.98 Å². The summed E-state index contributed by atoms with van der Waals surface area (Å²) in [7, 11) is 1.85. The maximum Gasteiger partial charge on any atom is 0.257 e. The van der Waals surface area contributed by atoms with Crippen molar-refractivity contribution in [1.82, 2.24) is 9.88 Å². The van der Waals surface area contributed by atoms with E-state index in [4.69, 9.17) is 0 Å². The molecular formula is C15H24BrN3O. The molecule has 4 nitrogen and oxygen atoms in total. The number of anilines is 1. The first-order valence-corrected chi connectivity index (χ1v) is 8.04. The Bertz CT molecular complexity index is 437. The molecule has 0 atom stereocenters. The standard InChI is InChI=1S/C15H24BrN3O/c1-4-6-7-9-19(3)15(20)13-10-12(16)11-18-14(13)17-8-5-2/h10-11H,4-9H2,1-3H3,(H,17,18). The van der Waals surface area contributed by atoms with Crippen molar-refractivity contribution in [3.63, 3.8) is 0 Å². The highest BCUT2D eigenvalue weighted by atomic mass is 79.9. The number of amides is 1. The van der Waals surface area contributed by atoms with Gasteiger partial charge in [0.2, 0.25) is 0 Å². The van der Waals surface area contributed by atoms with E-state index in [0.717, 1.165) is 43.2 Å². The second kappa shape index (κ2) is 8.95. The van der Waals surface area contributed by atoms with Gasteiger partial charge in [-0.3, -0.25) is 4.79 Å². The van der Waals surface area contributed by atoms with E-state index in [2.05, 4.69) is 40.1 Å². The molecule has 0 unspecified atom stereocenters. The van der Waals surface area contributed by atoms with Crippen LogP contribution in [0.25, 0.3) is 0 Å². The molecule has 20 heavy (non-hydrogen) atoms. The molecule has 0 aliphatic heterocycles. The Hall–Kier alpha value is -1.10. The zero-order valence-corrected chi connectivity index (χ0v) is 14.2. The van der Waals surface area contributed by atoms with Gasteiger partial charge in [0.15, 0.2) is 0 Å². The quantitative estimate of drug-likeness (QED) is 0.728. The molecule has 1 heterocycles. The van der Waals surface area contributed by atoms with Crippen LogP contribution < -0.4 is 5.32 Å².